The number of amides is 2. The molecule has 2 aromatic carbocycles. The normalized spacial score (nSPS) is 18.7. The molecule has 6 nitrogen and oxygen atoms in total. The number of fused-ring (bicyclic) bond motifs is 1. The topological polar surface area (TPSA) is 59.1 Å². The summed E-state index contributed by atoms with van der Waals surface area (Å²) in [5.74, 6) is 1.28. The number of aryl methyl sites for hydroxylation is 1. The summed E-state index contributed by atoms with van der Waals surface area (Å²) < 4.78 is 10.7. The van der Waals surface area contributed by atoms with Gasteiger partial charge < -0.3 is 19.3 Å². The van der Waals surface area contributed by atoms with E-state index < -0.39 is 6.04 Å². The Morgan fingerprint density at radius 3 is 2.67 bits per heavy atom. The number of hydrogen-bond acceptors (Lipinski definition) is 4. The second-order valence-electron chi connectivity index (χ2n) is 6.78. The number of ether oxygens (including phenoxy) is 2. The van der Waals surface area contributed by atoms with Crippen molar-refractivity contribution in [1.82, 2.24) is 4.90 Å². The number of rotatable bonds is 4. The van der Waals surface area contributed by atoms with Crippen LogP contribution in [0.5, 0.6) is 11.5 Å². The lowest BCUT2D eigenvalue weighted by Gasteiger charge is -2.39. The second kappa shape index (κ2) is 7.31. The van der Waals surface area contributed by atoms with Crippen molar-refractivity contribution in [2.75, 3.05) is 24.8 Å². The minimum absolute atomic E-state index is 0.0186. The highest BCUT2D eigenvalue weighted by Crippen LogP contribution is 2.36. The van der Waals surface area contributed by atoms with E-state index in [2.05, 4.69) is 0 Å². The van der Waals surface area contributed by atoms with Gasteiger partial charge in [-0.05, 0) is 31.0 Å². The fourth-order valence-corrected chi connectivity index (χ4v) is 3.56. The molecule has 0 aliphatic carbocycles. The lowest BCUT2D eigenvalue weighted by molar-refractivity contribution is -0.140. The fraction of sp³-hybridized carbons (Fsp3) is 0.333. The summed E-state index contributed by atoms with van der Waals surface area (Å²) in [6, 6.07) is 14.9. The van der Waals surface area contributed by atoms with Crippen LogP contribution in [0.1, 0.15) is 18.9 Å². The zero-order valence-corrected chi connectivity index (χ0v) is 15.3. The molecular formula is C21H22N2O4. The highest BCUT2D eigenvalue weighted by Gasteiger charge is 2.35. The van der Waals surface area contributed by atoms with E-state index in [1.807, 2.05) is 48.5 Å². The standard InChI is InChI=1S/C21H22N2O4/c1-15-21(25)23(17-8-9-18-19(13-17)27-14-26-18)12-11-22(15)20(24)10-7-16-5-3-2-4-6-16/h2-6,8-9,13,15H,7,10-12,14H2,1H3. The maximum Gasteiger partial charge on any atom is 0.249 e. The zero-order chi connectivity index (χ0) is 18.8. The molecule has 2 amide bonds. The average molecular weight is 366 g/mol. The monoisotopic (exact) mass is 366 g/mol. The Balaban J connectivity index is 1.41. The number of carbonyl (C=O) groups excluding carboxylic acids is 2. The molecule has 2 aromatic rings. The Bertz CT molecular complexity index is 853. The van der Waals surface area contributed by atoms with E-state index in [1.54, 1.807) is 16.7 Å². The molecule has 0 saturated carbocycles. The summed E-state index contributed by atoms with van der Waals surface area (Å²) in [5, 5.41) is 0. The highest BCUT2D eigenvalue weighted by molar-refractivity contribution is 6.00. The third-order valence-electron chi connectivity index (χ3n) is 5.11. The Labute approximate surface area is 158 Å². The molecule has 4 rings (SSSR count). The second-order valence-corrected chi connectivity index (χ2v) is 6.78. The van der Waals surface area contributed by atoms with Gasteiger partial charge in [-0.15, -0.1) is 0 Å². The first-order valence-electron chi connectivity index (χ1n) is 9.18. The summed E-state index contributed by atoms with van der Waals surface area (Å²) in [5.41, 5.74) is 1.90. The molecule has 27 heavy (non-hydrogen) atoms. The van der Waals surface area contributed by atoms with E-state index in [1.165, 1.54) is 0 Å². The molecule has 6 heteroatoms. The third-order valence-corrected chi connectivity index (χ3v) is 5.11. The van der Waals surface area contributed by atoms with Crippen molar-refractivity contribution in [3.8, 4) is 11.5 Å². The molecule has 2 heterocycles. The highest BCUT2D eigenvalue weighted by atomic mass is 16.7. The Morgan fingerprint density at radius 2 is 1.85 bits per heavy atom. The number of hydrogen-bond donors (Lipinski definition) is 0. The van der Waals surface area contributed by atoms with Gasteiger partial charge in [0.15, 0.2) is 11.5 Å². The number of nitrogens with zero attached hydrogens (tertiary/aromatic N) is 2. The van der Waals surface area contributed by atoms with Crippen molar-refractivity contribution >= 4 is 17.5 Å². The minimum Gasteiger partial charge on any atom is -0.454 e. The molecule has 1 fully saturated rings. The maximum absolute atomic E-state index is 12.9. The molecule has 0 bridgehead atoms. The van der Waals surface area contributed by atoms with Crippen molar-refractivity contribution in [2.45, 2.75) is 25.8 Å². The zero-order valence-electron chi connectivity index (χ0n) is 15.3. The maximum atomic E-state index is 12.9. The van der Waals surface area contributed by atoms with Crippen LogP contribution in [0.3, 0.4) is 0 Å². The van der Waals surface area contributed by atoms with Gasteiger partial charge in [0.25, 0.3) is 0 Å². The van der Waals surface area contributed by atoms with Crippen LogP contribution in [0.2, 0.25) is 0 Å². The summed E-state index contributed by atoms with van der Waals surface area (Å²) in [6.45, 7) is 2.99. The first-order chi connectivity index (χ1) is 13.1. The van der Waals surface area contributed by atoms with E-state index in [4.69, 9.17) is 9.47 Å². The lowest BCUT2D eigenvalue weighted by Crippen LogP contribution is -2.57. The Morgan fingerprint density at radius 1 is 1.07 bits per heavy atom. The van der Waals surface area contributed by atoms with Gasteiger partial charge in [0, 0.05) is 31.3 Å². The van der Waals surface area contributed by atoms with Gasteiger partial charge in [0.1, 0.15) is 6.04 Å². The number of piperazine rings is 1. The molecule has 1 atom stereocenters. The van der Waals surface area contributed by atoms with Crippen LogP contribution in [0, 0.1) is 0 Å². The van der Waals surface area contributed by atoms with Crippen LogP contribution >= 0.6 is 0 Å². The van der Waals surface area contributed by atoms with Crippen LogP contribution in [0.25, 0.3) is 0 Å². The van der Waals surface area contributed by atoms with Gasteiger partial charge in [0.2, 0.25) is 18.6 Å². The Kier molecular flexibility index (Phi) is 4.71. The van der Waals surface area contributed by atoms with E-state index in [0.29, 0.717) is 37.4 Å². The molecule has 0 spiro atoms. The predicted octanol–water partition coefficient (Wildman–Crippen LogP) is 2.61. The van der Waals surface area contributed by atoms with Crippen molar-refractivity contribution in [2.24, 2.45) is 0 Å². The predicted molar refractivity (Wildman–Crippen MR) is 101 cm³/mol. The van der Waals surface area contributed by atoms with Gasteiger partial charge in [-0.25, -0.2) is 0 Å². The molecular weight excluding hydrogens is 344 g/mol. The molecule has 0 radical (unpaired) electrons. The van der Waals surface area contributed by atoms with E-state index in [0.717, 1.165) is 11.3 Å². The molecule has 2 aliphatic rings. The van der Waals surface area contributed by atoms with Crippen LogP contribution in [-0.4, -0.2) is 42.6 Å². The minimum atomic E-state index is -0.479. The first-order valence-corrected chi connectivity index (χ1v) is 9.18. The molecule has 0 N–H and O–H groups in total. The smallest absolute Gasteiger partial charge is 0.249 e. The van der Waals surface area contributed by atoms with Gasteiger partial charge in [0.05, 0.1) is 0 Å². The van der Waals surface area contributed by atoms with Crippen LogP contribution in [0.15, 0.2) is 48.5 Å². The van der Waals surface area contributed by atoms with Gasteiger partial charge in [-0.3, -0.25) is 9.59 Å². The van der Waals surface area contributed by atoms with Crippen molar-refractivity contribution < 1.29 is 19.1 Å². The van der Waals surface area contributed by atoms with E-state index in [-0.39, 0.29) is 18.6 Å². The van der Waals surface area contributed by atoms with Crippen molar-refractivity contribution in [3.05, 3.63) is 54.1 Å². The quantitative estimate of drug-likeness (QED) is 0.835. The Hall–Kier alpha value is -3.02. The molecule has 1 unspecified atom stereocenters. The number of anilines is 1. The third kappa shape index (κ3) is 3.47. The van der Waals surface area contributed by atoms with Gasteiger partial charge >= 0.3 is 0 Å². The van der Waals surface area contributed by atoms with Gasteiger partial charge in [-0.1, -0.05) is 30.3 Å². The molecule has 140 valence electrons. The van der Waals surface area contributed by atoms with Gasteiger partial charge in [-0.2, -0.15) is 0 Å². The number of benzene rings is 2. The summed E-state index contributed by atoms with van der Waals surface area (Å²) in [4.78, 5) is 28.9. The molecule has 0 aromatic heterocycles. The lowest BCUT2D eigenvalue weighted by atomic mass is 10.1. The number of carbonyl (C=O) groups is 2. The van der Waals surface area contributed by atoms with Crippen LogP contribution in [0.4, 0.5) is 5.69 Å². The first kappa shape index (κ1) is 17.4. The average Bonchev–Trinajstić information content (AvgIpc) is 3.17. The summed E-state index contributed by atoms with van der Waals surface area (Å²) in [6.07, 6.45) is 1.09. The van der Waals surface area contributed by atoms with E-state index in [9.17, 15) is 9.59 Å². The largest absolute Gasteiger partial charge is 0.454 e. The van der Waals surface area contributed by atoms with Crippen LogP contribution in [-0.2, 0) is 16.0 Å². The molecule has 1 saturated heterocycles. The van der Waals surface area contributed by atoms with Crippen molar-refractivity contribution in [3.63, 3.8) is 0 Å². The molecule has 2 aliphatic heterocycles. The summed E-state index contributed by atoms with van der Waals surface area (Å²) in [7, 11) is 0. The summed E-state index contributed by atoms with van der Waals surface area (Å²) >= 11 is 0. The van der Waals surface area contributed by atoms with Crippen molar-refractivity contribution in [1.29, 1.82) is 0 Å². The van der Waals surface area contributed by atoms with E-state index >= 15 is 0 Å². The van der Waals surface area contributed by atoms with Crippen LogP contribution < -0.4 is 14.4 Å². The SMILES string of the molecule is CC1C(=O)N(c2ccc3c(c2)OCO3)CCN1C(=O)CCc1ccccc1. The fourth-order valence-electron chi connectivity index (χ4n) is 3.56.